The van der Waals surface area contributed by atoms with E-state index in [0.29, 0.717) is 22.8 Å². The molecule has 0 aliphatic carbocycles. The Labute approximate surface area is 118 Å². The van der Waals surface area contributed by atoms with Gasteiger partial charge < -0.3 is 4.74 Å². The van der Waals surface area contributed by atoms with Gasteiger partial charge in [-0.15, -0.1) is 0 Å². The summed E-state index contributed by atoms with van der Waals surface area (Å²) < 4.78 is 5.12. The molecule has 0 amide bonds. The van der Waals surface area contributed by atoms with Gasteiger partial charge in [0.05, 0.1) is 12.1 Å². The van der Waals surface area contributed by atoms with Crippen molar-refractivity contribution in [1.29, 1.82) is 0 Å². The zero-order valence-corrected chi connectivity index (χ0v) is 11.7. The van der Waals surface area contributed by atoms with Gasteiger partial charge in [0.1, 0.15) is 5.75 Å². The predicted octanol–water partition coefficient (Wildman–Crippen LogP) is 4.08. The maximum Gasteiger partial charge on any atom is 0.167 e. The molecule has 2 aromatic carbocycles. The first-order valence-electron chi connectivity index (χ1n) is 6.02. The molecule has 0 saturated heterocycles. The third-order valence-corrected chi connectivity index (χ3v) is 3.27. The Bertz CT molecular complexity index is 588. The van der Waals surface area contributed by atoms with E-state index in [0.717, 1.165) is 5.56 Å². The normalized spacial score (nSPS) is 10.3. The molecule has 3 heteroatoms. The lowest BCUT2D eigenvalue weighted by atomic mass is 10.0. The van der Waals surface area contributed by atoms with E-state index in [-0.39, 0.29) is 5.78 Å². The first-order chi connectivity index (χ1) is 9.10. The van der Waals surface area contributed by atoms with Crippen LogP contribution in [0.5, 0.6) is 5.75 Å². The predicted molar refractivity (Wildman–Crippen MR) is 77.2 cm³/mol. The van der Waals surface area contributed by atoms with Gasteiger partial charge in [-0.2, -0.15) is 0 Å². The van der Waals surface area contributed by atoms with Crippen molar-refractivity contribution in [2.75, 3.05) is 7.11 Å². The summed E-state index contributed by atoms with van der Waals surface area (Å²) in [6, 6.07) is 13.0. The number of ketones is 1. The molecule has 0 fully saturated rings. The number of carbonyl (C=O) groups excluding carboxylic acids is 1. The fraction of sp³-hybridized carbons (Fsp3) is 0.188. The van der Waals surface area contributed by atoms with E-state index in [2.05, 4.69) is 0 Å². The lowest BCUT2D eigenvalue weighted by Crippen LogP contribution is -2.04. The summed E-state index contributed by atoms with van der Waals surface area (Å²) in [5, 5.41) is 0.509. The maximum atomic E-state index is 12.2. The fourth-order valence-corrected chi connectivity index (χ4v) is 2.02. The van der Waals surface area contributed by atoms with Gasteiger partial charge in [0.2, 0.25) is 0 Å². The van der Waals surface area contributed by atoms with Crippen LogP contribution in [0.2, 0.25) is 5.02 Å². The van der Waals surface area contributed by atoms with Crippen LogP contribution in [0.25, 0.3) is 0 Å². The maximum absolute atomic E-state index is 12.2. The number of benzene rings is 2. The summed E-state index contributed by atoms with van der Waals surface area (Å²) in [5.74, 6) is 0.579. The van der Waals surface area contributed by atoms with Crippen LogP contribution < -0.4 is 4.74 Å². The molecular formula is C16H15ClO2. The fourth-order valence-electron chi connectivity index (χ4n) is 1.83. The Morgan fingerprint density at radius 3 is 2.47 bits per heavy atom. The highest BCUT2D eigenvalue weighted by molar-refractivity contribution is 6.32. The zero-order chi connectivity index (χ0) is 13.8. The number of aryl methyl sites for hydroxylation is 1. The van der Waals surface area contributed by atoms with E-state index in [1.165, 1.54) is 12.7 Å². The van der Waals surface area contributed by atoms with Crippen molar-refractivity contribution in [3.8, 4) is 5.75 Å². The standard InChI is InChI=1S/C16H15ClO2/c1-11-3-5-12(6-4-11)9-15(18)13-7-8-14(17)16(10-13)19-2/h3-8,10H,9H2,1-2H3. The molecule has 0 heterocycles. The van der Waals surface area contributed by atoms with Gasteiger partial charge in [0.25, 0.3) is 0 Å². The van der Waals surface area contributed by atoms with Gasteiger partial charge >= 0.3 is 0 Å². The summed E-state index contributed by atoms with van der Waals surface area (Å²) in [7, 11) is 1.54. The van der Waals surface area contributed by atoms with Gasteiger partial charge in [0.15, 0.2) is 5.78 Å². The van der Waals surface area contributed by atoms with Crippen molar-refractivity contribution in [1.82, 2.24) is 0 Å². The third kappa shape index (κ3) is 3.36. The SMILES string of the molecule is COc1cc(C(=O)Cc2ccc(C)cc2)ccc1Cl. The summed E-state index contributed by atoms with van der Waals surface area (Å²) in [5.41, 5.74) is 2.80. The van der Waals surface area contributed by atoms with Crippen LogP contribution in [0.15, 0.2) is 42.5 Å². The molecule has 0 bridgehead atoms. The summed E-state index contributed by atoms with van der Waals surface area (Å²) in [6.07, 6.45) is 0.380. The molecule has 0 N–H and O–H groups in total. The number of hydrogen-bond acceptors (Lipinski definition) is 2. The Morgan fingerprint density at radius 1 is 1.16 bits per heavy atom. The largest absolute Gasteiger partial charge is 0.495 e. The smallest absolute Gasteiger partial charge is 0.167 e. The van der Waals surface area contributed by atoms with Crippen molar-refractivity contribution in [3.63, 3.8) is 0 Å². The van der Waals surface area contributed by atoms with E-state index in [1.54, 1.807) is 18.2 Å². The number of rotatable bonds is 4. The average Bonchev–Trinajstić information content (AvgIpc) is 2.42. The zero-order valence-electron chi connectivity index (χ0n) is 10.9. The minimum absolute atomic E-state index is 0.0545. The molecule has 0 saturated carbocycles. The third-order valence-electron chi connectivity index (χ3n) is 2.96. The Kier molecular flexibility index (Phi) is 4.23. The van der Waals surface area contributed by atoms with Crippen LogP contribution in [0.1, 0.15) is 21.5 Å². The molecular weight excluding hydrogens is 260 g/mol. The van der Waals surface area contributed by atoms with Crippen molar-refractivity contribution in [3.05, 3.63) is 64.2 Å². The van der Waals surface area contributed by atoms with Gasteiger partial charge in [-0.05, 0) is 30.7 Å². The second-order valence-electron chi connectivity index (χ2n) is 4.43. The van der Waals surface area contributed by atoms with E-state index in [4.69, 9.17) is 16.3 Å². The molecule has 98 valence electrons. The van der Waals surface area contributed by atoms with E-state index in [1.807, 2.05) is 31.2 Å². The second-order valence-corrected chi connectivity index (χ2v) is 4.84. The van der Waals surface area contributed by atoms with Crippen molar-refractivity contribution >= 4 is 17.4 Å². The monoisotopic (exact) mass is 274 g/mol. The lowest BCUT2D eigenvalue weighted by molar-refractivity contribution is 0.0992. The first kappa shape index (κ1) is 13.6. The van der Waals surface area contributed by atoms with E-state index < -0.39 is 0 Å². The molecule has 0 atom stereocenters. The van der Waals surface area contributed by atoms with Crippen LogP contribution in [0.4, 0.5) is 0 Å². The number of ether oxygens (including phenoxy) is 1. The molecule has 0 aliphatic rings. The Balaban J connectivity index is 2.18. The molecule has 2 aromatic rings. The van der Waals surface area contributed by atoms with E-state index >= 15 is 0 Å². The van der Waals surface area contributed by atoms with Gasteiger partial charge in [-0.1, -0.05) is 41.4 Å². The van der Waals surface area contributed by atoms with Crippen molar-refractivity contribution in [2.45, 2.75) is 13.3 Å². The highest BCUT2D eigenvalue weighted by atomic mass is 35.5. The minimum atomic E-state index is 0.0545. The van der Waals surface area contributed by atoms with Crippen LogP contribution in [-0.2, 0) is 6.42 Å². The second kappa shape index (κ2) is 5.89. The van der Waals surface area contributed by atoms with Crippen LogP contribution in [0.3, 0.4) is 0 Å². The molecule has 0 aromatic heterocycles. The van der Waals surface area contributed by atoms with Crippen LogP contribution >= 0.6 is 11.6 Å². The first-order valence-corrected chi connectivity index (χ1v) is 6.40. The van der Waals surface area contributed by atoms with Crippen molar-refractivity contribution < 1.29 is 9.53 Å². The summed E-state index contributed by atoms with van der Waals surface area (Å²) in [6.45, 7) is 2.02. The lowest BCUT2D eigenvalue weighted by Gasteiger charge is -2.06. The van der Waals surface area contributed by atoms with Gasteiger partial charge in [-0.25, -0.2) is 0 Å². The Morgan fingerprint density at radius 2 is 1.84 bits per heavy atom. The van der Waals surface area contributed by atoms with Gasteiger partial charge in [-0.3, -0.25) is 4.79 Å². The molecule has 0 spiro atoms. The molecule has 2 rings (SSSR count). The number of hydrogen-bond donors (Lipinski definition) is 0. The number of halogens is 1. The highest BCUT2D eigenvalue weighted by Crippen LogP contribution is 2.25. The molecule has 0 radical (unpaired) electrons. The summed E-state index contributed by atoms with van der Waals surface area (Å²) in [4.78, 5) is 12.2. The average molecular weight is 275 g/mol. The van der Waals surface area contributed by atoms with Crippen molar-refractivity contribution in [2.24, 2.45) is 0 Å². The molecule has 0 aliphatic heterocycles. The molecule has 19 heavy (non-hydrogen) atoms. The van der Waals surface area contributed by atoms with Gasteiger partial charge in [0, 0.05) is 12.0 Å². The molecule has 0 unspecified atom stereocenters. The van der Waals surface area contributed by atoms with Crippen LogP contribution in [0, 0.1) is 6.92 Å². The number of carbonyl (C=O) groups is 1. The highest BCUT2D eigenvalue weighted by Gasteiger charge is 2.10. The minimum Gasteiger partial charge on any atom is -0.495 e. The Hall–Kier alpha value is -1.80. The van der Waals surface area contributed by atoms with E-state index in [9.17, 15) is 4.79 Å². The topological polar surface area (TPSA) is 26.3 Å². The number of methoxy groups -OCH3 is 1. The quantitative estimate of drug-likeness (QED) is 0.785. The molecule has 2 nitrogen and oxygen atoms in total. The van der Waals surface area contributed by atoms with Crippen LogP contribution in [-0.4, -0.2) is 12.9 Å². The summed E-state index contributed by atoms with van der Waals surface area (Å²) >= 11 is 5.94. The number of Topliss-reactive ketones (excluding diaryl/α,β-unsaturated/α-hetero) is 1.